The quantitative estimate of drug-likeness (QED) is 0.857. The number of likely N-dealkylation sites (N-methyl/N-ethyl adjacent to an activating group) is 1. The number of hydrogen-bond acceptors (Lipinski definition) is 4. The van der Waals surface area contributed by atoms with Gasteiger partial charge in [0.15, 0.2) is 0 Å². The molecule has 0 aliphatic carbocycles. The average molecular weight is 348 g/mol. The van der Waals surface area contributed by atoms with Crippen molar-refractivity contribution in [1.29, 1.82) is 0 Å². The minimum atomic E-state index is -0.723. The summed E-state index contributed by atoms with van der Waals surface area (Å²) >= 11 is 3.48. The molecule has 1 N–H and O–H groups in total. The van der Waals surface area contributed by atoms with Gasteiger partial charge in [0.2, 0.25) is 0 Å². The Kier molecular flexibility index (Phi) is 6.19. The smallest absolute Gasteiger partial charge is 0.123 e. The summed E-state index contributed by atoms with van der Waals surface area (Å²) in [5.41, 5.74) is 0.609. The first kappa shape index (κ1) is 17.6. The topological polar surface area (TPSA) is 50.5 Å². The number of aromatic nitrogens is 2. The Balaban J connectivity index is 3.02. The van der Waals surface area contributed by atoms with Crippen LogP contribution < -0.4 is 0 Å². The van der Waals surface area contributed by atoms with Crippen LogP contribution in [0, 0.1) is 5.41 Å². The molecule has 0 aliphatic rings. The Bertz CT molecular complexity index is 427. The van der Waals surface area contributed by atoms with E-state index in [-0.39, 0.29) is 11.5 Å². The highest BCUT2D eigenvalue weighted by Crippen LogP contribution is 2.35. The molecule has 2 atom stereocenters. The molecule has 0 saturated carbocycles. The molecule has 20 heavy (non-hydrogen) atoms. The molecule has 1 heterocycles. The van der Waals surface area contributed by atoms with E-state index in [1.165, 1.54) is 0 Å². The van der Waals surface area contributed by atoms with Crippen molar-refractivity contribution in [3.8, 4) is 0 Å². The lowest BCUT2D eigenvalue weighted by atomic mass is 9.84. The molecule has 1 aromatic rings. The molecule has 0 aromatic carbocycles. The first-order valence-corrected chi connectivity index (χ1v) is 7.54. The van der Waals surface area contributed by atoms with Gasteiger partial charge in [0, 0.05) is 13.7 Å². The zero-order valence-corrected chi connectivity index (χ0v) is 14.8. The molecular weight excluding hydrogens is 322 g/mol. The molecule has 5 nitrogen and oxygen atoms in total. The molecule has 1 aromatic heterocycles. The van der Waals surface area contributed by atoms with Gasteiger partial charge in [-0.1, -0.05) is 20.8 Å². The Hall–Kier alpha value is -0.430. The Morgan fingerprint density at radius 2 is 2.05 bits per heavy atom. The van der Waals surface area contributed by atoms with E-state index in [1.807, 2.05) is 18.8 Å². The predicted octanol–water partition coefficient (Wildman–Crippen LogP) is 2.30. The molecule has 0 aliphatic heterocycles. The van der Waals surface area contributed by atoms with Crippen LogP contribution in [0.4, 0.5) is 0 Å². The maximum Gasteiger partial charge on any atom is 0.123 e. The van der Waals surface area contributed by atoms with E-state index in [0.717, 1.165) is 23.3 Å². The van der Waals surface area contributed by atoms with E-state index in [2.05, 4.69) is 46.7 Å². The fourth-order valence-corrected chi connectivity index (χ4v) is 2.77. The summed E-state index contributed by atoms with van der Waals surface area (Å²) in [4.78, 5) is 2.09. The number of ether oxygens (including phenoxy) is 1. The first-order chi connectivity index (χ1) is 9.18. The minimum absolute atomic E-state index is 0.162. The molecule has 0 amide bonds. The van der Waals surface area contributed by atoms with Crippen molar-refractivity contribution < 1.29 is 9.84 Å². The maximum absolute atomic E-state index is 10.7. The van der Waals surface area contributed by atoms with Crippen LogP contribution in [0.1, 0.15) is 32.6 Å². The van der Waals surface area contributed by atoms with Crippen LogP contribution in [-0.4, -0.2) is 53.6 Å². The number of methoxy groups -OCH3 is 1. The van der Waals surface area contributed by atoms with Crippen LogP contribution in [0.3, 0.4) is 0 Å². The monoisotopic (exact) mass is 347 g/mol. The normalized spacial score (nSPS) is 15.7. The van der Waals surface area contributed by atoms with Crippen molar-refractivity contribution in [3.05, 3.63) is 16.4 Å². The molecule has 116 valence electrons. The largest absolute Gasteiger partial charge is 0.384 e. The van der Waals surface area contributed by atoms with Gasteiger partial charge in [-0.15, -0.1) is 0 Å². The van der Waals surface area contributed by atoms with E-state index in [0.29, 0.717) is 0 Å². The van der Waals surface area contributed by atoms with E-state index in [4.69, 9.17) is 4.74 Å². The Morgan fingerprint density at radius 3 is 2.50 bits per heavy atom. The van der Waals surface area contributed by atoms with Crippen molar-refractivity contribution in [2.24, 2.45) is 5.41 Å². The molecule has 0 radical (unpaired) electrons. The summed E-state index contributed by atoms with van der Waals surface area (Å²) in [5, 5.41) is 15.0. The fourth-order valence-electron chi connectivity index (χ4n) is 2.24. The number of nitrogens with zero attached hydrogens (tertiary/aromatic N) is 3. The van der Waals surface area contributed by atoms with Crippen molar-refractivity contribution in [2.45, 2.75) is 39.5 Å². The lowest BCUT2D eigenvalue weighted by Crippen LogP contribution is -2.36. The van der Waals surface area contributed by atoms with Crippen molar-refractivity contribution in [1.82, 2.24) is 14.7 Å². The Labute approximate surface area is 130 Å². The highest BCUT2D eigenvalue weighted by Gasteiger charge is 2.35. The van der Waals surface area contributed by atoms with Gasteiger partial charge < -0.3 is 14.7 Å². The minimum Gasteiger partial charge on any atom is -0.384 e. The van der Waals surface area contributed by atoms with Crippen molar-refractivity contribution >= 4 is 15.9 Å². The van der Waals surface area contributed by atoms with Crippen LogP contribution in [-0.2, 0) is 11.3 Å². The fraction of sp³-hybridized carbons (Fsp3) is 0.786. The lowest BCUT2D eigenvalue weighted by molar-refractivity contribution is -0.0758. The molecule has 0 spiro atoms. The second kappa shape index (κ2) is 7.02. The number of halogens is 1. The summed E-state index contributed by atoms with van der Waals surface area (Å²) in [6.07, 6.45) is 0.705. The Morgan fingerprint density at radius 1 is 1.45 bits per heavy atom. The zero-order valence-electron chi connectivity index (χ0n) is 13.2. The van der Waals surface area contributed by atoms with Gasteiger partial charge in [-0.2, -0.15) is 5.10 Å². The van der Waals surface area contributed by atoms with Gasteiger partial charge in [-0.25, -0.2) is 0 Å². The second-order valence-corrected chi connectivity index (χ2v) is 7.23. The number of rotatable bonds is 6. The third-order valence-electron chi connectivity index (χ3n) is 3.27. The standard InChI is InChI=1S/C14H26BrN3O2/c1-14(2,3)13(20-6)12(19)11-10(15)9-16-18(11)8-7-17(4)5/h9,12-13,19H,7-8H2,1-6H3. The highest BCUT2D eigenvalue weighted by atomic mass is 79.9. The third-order valence-corrected chi connectivity index (χ3v) is 3.88. The first-order valence-electron chi connectivity index (χ1n) is 6.75. The van der Waals surface area contributed by atoms with E-state index >= 15 is 0 Å². The molecular formula is C14H26BrN3O2. The summed E-state index contributed by atoms with van der Waals surface area (Å²) in [6.45, 7) is 7.75. The van der Waals surface area contributed by atoms with Crippen LogP contribution in [0.2, 0.25) is 0 Å². The predicted molar refractivity (Wildman–Crippen MR) is 83.7 cm³/mol. The molecule has 0 bridgehead atoms. The van der Waals surface area contributed by atoms with Gasteiger partial charge in [0.1, 0.15) is 6.10 Å². The molecule has 0 fully saturated rings. The van der Waals surface area contributed by atoms with Crippen molar-refractivity contribution in [2.75, 3.05) is 27.7 Å². The summed E-state index contributed by atoms with van der Waals surface area (Å²) in [5.74, 6) is 0. The third kappa shape index (κ3) is 4.28. The molecule has 1 rings (SSSR count). The SMILES string of the molecule is COC(C(O)c1c(Br)cnn1CCN(C)C)C(C)(C)C. The van der Waals surface area contributed by atoms with E-state index < -0.39 is 6.10 Å². The molecule has 6 heteroatoms. The van der Waals surface area contributed by atoms with Crippen LogP contribution in [0.5, 0.6) is 0 Å². The van der Waals surface area contributed by atoms with Crippen LogP contribution >= 0.6 is 15.9 Å². The van der Waals surface area contributed by atoms with Gasteiger partial charge in [0.25, 0.3) is 0 Å². The van der Waals surface area contributed by atoms with E-state index in [1.54, 1.807) is 13.3 Å². The number of hydrogen-bond donors (Lipinski definition) is 1. The number of aliphatic hydroxyl groups excluding tert-OH is 1. The van der Waals surface area contributed by atoms with Crippen LogP contribution in [0.15, 0.2) is 10.7 Å². The van der Waals surface area contributed by atoms with Gasteiger partial charge >= 0.3 is 0 Å². The summed E-state index contributed by atoms with van der Waals surface area (Å²) in [7, 11) is 5.66. The zero-order chi connectivity index (χ0) is 15.5. The summed E-state index contributed by atoms with van der Waals surface area (Å²) < 4.78 is 8.17. The second-order valence-electron chi connectivity index (χ2n) is 6.37. The van der Waals surface area contributed by atoms with Gasteiger partial charge in [-0.05, 0) is 35.4 Å². The summed E-state index contributed by atoms with van der Waals surface area (Å²) in [6, 6.07) is 0. The van der Waals surface area contributed by atoms with Crippen molar-refractivity contribution in [3.63, 3.8) is 0 Å². The lowest BCUT2D eigenvalue weighted by Gasteiger charge is -2.33. The maximum atomic E-state index is 10.7. The molecule has 2 unspecified atom stereocenters. The highest BCUT2D eigenvalue weighted by molar-refractivity contribution is 9.10. The van der Waals surface area contributed by atoms with Gasteiger partial charge in [-0.3, -0.25) is 4.68 Å². The number of aliphatic hydroxyl groups is 1. The molecule has 0 saturated heterocycles. The van der Waals surface area contributed by atoms with E-state index in [9.17, 15) is 5.11 Å². The van der Waals surface area contributed by atoms with Crippen LogP contribution in [0.25, 0.3) is 0 Å². The average Bonchev–Trinajstić information content (AvgIpc) is 2.66. The van der Waals surface area contributed by atoms with Gasteiger partial charge in [0.05, 0.1) is 29.0 Å².